The molecule has 0 atom stereocenters. The Morgan fingerprint density at radius 1 is 0.828 bits per heavy atom. The molecule has 0 aliphatic heterocycles. The van der Waals surface area contributed by atoms with E-state index in [0.717, 1.165) is 11.1 Å². The quantitative estimate of drug-likeness (QED) is 0.331. The number of benzene rings is 4. The fourth-order valence-corrected chi connectivity index (χ4v) is 5.21. The van der Waals surface area contributed by atoms with Crippen LogP contribution in [-0.2, 0) is 4.57 Å². The van der Waals surface area contributed by atoms with Gasteiger partial charge in [-0.1, -0.05) is 54.6 Å². The minimum atomic E-state index is -4.21. The highest BCUT2D eigenvalue weighted by molar-refractivity contribution is 7.51. The second-order valence-corrected chi connectivity index (χ2v) is 9.58. The Kier molecular flexibility index (Phi) is 4.41. The summed E-state index contributed by atoms with van der Waals surface area (Å²) in [6.07, 6.45) is -0.625. The number of ether oxygens (including phenoxy) is 1. The zero-order chi connectivity index (χ0) is 20.0. The molecule has 144 valence electrons. The van der Waals surface area contributed by atoms with E-state index in [0.29, 0.717) is 5.75 Å². The molecular weight excluding hydrogens is 403 g/mol. The third-order valence-electron chi connectivity index (χ3n) is 4.93. The Balaban J connectivity index is 1.73. The topological polar surface area (TPSA) is 66.8 Å². The van der Waals surface area contributed by atoms with E-state index in [-0.39, 0.29) is 0 Å². The smallest absolute Gasteiger partial charge is 0.362 e. The molecule has 2 N–H and O–H groups in total. The van der Waals surface area contributed by atoms with Crippen LogP contribution >= 0.6 is 18.9 Å². The predicted molar refractivity (Wildman–Crippen MR) is 120 cm³/mol. The molecule has 0 saturated heterocycles. The van der Waals surface area contributed by atoms with Crippen molar-refractivity contribution in [1.82, 2.24) is 0 Å². The summed E-state index contributed by atoms with van der Waals surface area (Å²) in [5, 5.41) is 4.82. The Morgan fingerprint density at radius 2 is 1.52 bits per heavy atom. The maximum atomic E-state index is 11.1. The summed E-state index contributed by atoms with van der Waals surface area (Å²) in [6.45, 7) is 0. The van der Waals surface area contributed by atoms with Gasteiger partial charge in [-0.15, -0.1) is 11.3 Å². The second kappa shape index (κ2) is 6.97. The van der Waals surface area contributed by atoms with Gasteiger partial charge >= 0.3 is 7.60 Å². The number of rotatable bonds is 4. The van der Waals surface area contributed by atoms with Crippen LogP contribution in [0, 0.1) is 0 Å². The van der Waals surface area contributed by atoms with Gasteiger partial charge in [0.05, 0.1) is 0 Å². The van der Waals surface area contributed by atoms with Crippen LogP contribution in [0.4, 0.5) is 0 Å². The van der Waals surface area contributed by atoms with Gasteiger partial charge in [0, 0.05) is 20.2 Å². The van der Waals surface area contributed by atoms with Crippen LogP contribution in [-0.4, -0.2) is 16.1 Å². The van der Waals surface area contributed by atoms with Crippen molar-refractivity contribution in [3.8, 4) is 16.9 Å². The van der Waals surface area contributed by atoms with Gasteiger partial charge in [0.2, 0.25) is 0 Å². The largest absolute Gasteiger partial charge is 0.481 e. The molecule has 5 rings (SSSR count). The van der Waals surface area contributed by atoms with E-state index in [9.17, 15) is 4.57 Å². The van der Waals surface area contributed by atoms with E-state index >= 15 is 0 Å². The van der Waals surface area contributed by atoms with E-state index < -0.39 is 13.9 Å². The molecule has 0 aliphatic carbocycles. The average Bonchev–Trinajstić information content (AvgIpc) is 3.08. The van der Waals surface area contributed by atoms with Gasteiger partial charge in [-0.05, 0) is 46.2 Å². The lowest BCUT2D eigenvalue weighted by molar-refractivity contribution is 0.300. The van der Waals surface area contributed by atoms with Gasteiger partial charge in [0.1, 0.15) is 5.75 Å². The van der Waals surface area contributed by atoms with Crippen molar-refractivity contribution >= 4 is 49.9 Å². The van der Waals surface area contributed by atoms with Crippen LogP contribution in [0.25, 0.3) is 42.1 Å². The molecule has 5 aromatic rings. The number of thiophene rings is 1. The van der Waals surface area contributed by atoms with Crippen LogP contribution in [0.5, 0.6) is 5.75 Å². The lowest BCUT2D eigenvalue weighted by Crippen LogP contribution is -1.97. The Morgan fingerprint density at radius 3 is 2.28 bits per heavy atom. The summed E-state index contributed by atoms with van der Waals surface area (Å²) in [6, 6.07) is 26.4. The molecule has 0 radical (unpaired) electrons. The van der Waals surface area contributed by atoms with Crippen molar-refractivity contribution < 1.29 is 19.1 Å². The highest BCUT2D eigenvalue weighted by Crippen LogP contribution is 2.44. The summed E-state index contributed by atoms with van der Waals surface area (Å²) in [4.78, 5) is 18.0. The molecule has 0 saturated carbocycles. The summed E-state index contributed by atoms with van der Waals surface area (Å²) in [5.41, 5.74) is 2.20. The van der Waals surface area contributed by atoms with E-state index in [1.807, 2.05) is 24.3 Å². The van der Waals surface area contributed by atoms with Gasteiger partial charge in [0.25, 0.3) is 0 Å². The van der Waals surface area contributed by atoms with Crippen LogP contribution < -0.4 is 4.74 Å². The lowest BCUT2D eigenvalue weighted by Gasteiger charge is -2.12. The fraction of sp³-hybridized carbons (Fsp3) is 0.0435. The molecule has 0 amide bonds. The molecule has 1 heterocycles. The van der Waals surface area contributed by atoms with E-state index in [1.54, 1.807) is 23.5 Å². The molecule has 29 heavy (non-hydrogen) atoms. The fourth-order valence-electron chi connectivity index (χ4n) is 3.73. The molecule has 4 aromatic carbocycles. The molecule has 0 aliphatic rings. The normalized spacial score (nSPS) is 12.1. The number of fused-ring (bicyclic) bond motifs is 4. The Labute approximate surface area is 171 Å². The van der Waals surface area contributed by atoms with E-state index in [4.69, 9.17) is 14.5 Å². The SMILES string of the molecule is O=P(O)(O)COc1ccc(-c2c3ccccc3cc3sc4ccccc4c23)cc1. The number of hydrogen-bond donors (Lipinski definition) is 2. The standard InChI is InChI=1S/C23H17O4PS/c24-28(25,26)14-27-17-11-9-15(10-12-17)22-18-6-2-1-5-16(18)13-21-23(22)19-7-3-4-8-20(19)29-21/h1-13H,14H2,(H2,24,25,26). The molecule has 0 bridgehead atoms. The summed E-state index contributed by atoms with van der Waals surface area (Å²) in [5.74, 6) is 0.434. The Hall–Kier alpha value is -2.69. The lowest BCUT2D eigenvalue weighted by atomic mass is 9.93. The van der Waals surface area contributed by atoms with Crippen LogP contribution in [0.3, 0.4) is 0 Å². The molecule has 0 fully saturated rings. The third kappa shape index (κ3) is 3.43. The Bertz CT molecular complexity index is 1400. The van der Waals surface area contributed by atoms with Crippen molar-refractivity contribution in [3.05, 3.63) is 78.9 Å². The molecule has 0 spiro atoms. The first-order chi connectivity index (χ1) is 14.0. The van der Waals surface area contributed by atoms with E-state index in [1.165, 1.54) is 30.9 Å². The molecule has 6 heteroatoms. The average molecular weight is 420 g/mol. The highest BCUT2D eigenvalue weighted by Gasteiger charge is 2.16. The minimum absolute atomic E-state index is 0.434. The first-order valence-corrected chi connectivity index (χ1v) is 11.7. The number of hydrogen-bond acceptors (Lipinski definition) is 3. The van der Waals surface area contributed by atoms with Crippen LogP contribution in [0.2, 0.25) is 0 Å². The molecular formula is C23H17O4PS. The second-order valence-electron chi connectivity index (χ2n) is 6.91. The zero-order valence-corrected chi connectivity index (χ0v) is 17.0. The summed E-state index contributed by atoms with van der Waals surface area (Å²) >= 11 is 1.79. The van der Waals surface area contributed by atoms with Gasteiger partial charge in [0.15, 0.2) is 6.35 Å². The molecule has 4 nitrogen and oxygen atoms in total. The first kappa shape index (κ1) is 18.3. The maximum absolute atomic E-state index is 11.1. The van der Waals surface area contributed by atoms with Gasteiger partial charge < -0.3 is 14.5 Å². The summed E-state index contributed by atoms with van der Waals surface area (Å²) in [7, 11) is -4.21. The van der Waals surface area contributed by atoms with Crippen molar-refractivity contribution in [2.45, 2.75) is 0 Å². The van der Waals surface area contributed by atoms with Gasteiger partial charge in [-0.25, -0.2) is 0 Å². The van der Waals surface area contributed by atoms with Crippen molar-refractivity contribution in [3.63, 3.8) is 0 Å². The van der Waals surface area contributed by atoms with Crippen LogP contribution in [0.15, 0.2) is 78.9 Å². The van der Waals surface area contributed by atoms with E-state index in [2.05, 4.69) is 42.5 Å². The van der Waals surface area contributed by atoms with Gasteiger partial charge in [-0.3, -0.25) is 4.57 Å². The molecule has 1 aromatic heterocycles. The highest BCUT2D eigenvalue weighted by atomic mass is 32.1. The van der Waals surface area contributed by atoms with Gasteiger partial charge in [-0.2, -0.15) is 0 Å². The minimum Gasteiger partial charge on any atom is -0.481 e. The summed E-state index contributed by atoms with van der Waals surface area (Å²) < 4.78 is 18.8. The first-order valence-electron chi connectivity index (χ1n) is 9.10. The monoisotopic (exact) mass is 420 g/mol. The zero-order valence-electron chi connectivity index (χ0n) is 15.3. The van der Waals surface area contributed by atoms with Crippen molar-refractivity contribution in [1.29, 1.82) is 0 Å². The van der Waals surface area contributed by atoms with Crippen LogP contribution in [0.1, 0.15) is 0 Å². The van der Waals surface area contributed by atoms with Crippen molar-refractivity contribution in [2.75, 3.05) is 6.35 Å². The molecule has 0 unspecified atom stereocenters. The predicted octanol–water partition coefficient (Wildman–Crippen LogP) is 6.39. The third-order valence-corrected chi connectivity index (χ3v) is 6.52. The van der Waals surface area contributed by atoms with Crippen molar-refractivity contribution in [2.24, 2.45) is 0 Å². The maximum Gasteiger partial charge on any atom is 0.362 e.